The van der Waals surface area contributed by atoms with Gasteiger partial charge < -0.3 is 14.5 Å². The maximum Gasteiger partial charge on any atom is 0.179 e. The van der Waals surface area contributed by atoms with E-state index >= 15 is 0 Å². The van der Waals surface area contributed by atoms with Crippen molar-refractivity contribution in [1.29, 1.82) is 0 Å². The lowest BCUT2D eigenvalue weighted by atomic mass is 10.1. The van der Waals surface area contributed by atoms with Crippen LogP contribution in [0.3, 0.4) is 0 Å². The van der Waals surface area contributed by atoms with E-state index in [9.17, 15) is 0 Å². The van der Waals surface area contributed by atoms with Crippen LogP contribution < -0.4 is 26.1 Å². The van der Waals surface area contributed by atoms with Crippen molar-refractivity contribution in [2.45, 2.75) is 0 Å². The number of nitrogens with one attached hydrogen (secondary N) is 1. The average Bonchev–Trinajstić information content (AvgIpc) is 3.75. The van der Waals surface area contributed by atoms with Gasteiger partial charge in [-0.15, -0.1) is 0 Å². The third-order valence-electron chi connectivity index (χ3n) is 11.0. The maximum absolute atomic E-state index is 3.57. The van der Waals surface area contributed by atoms with Crippen molar-refractivity contribution in [3.8, 4) is 11.4 Å². The fourth-order valence-corrected chi connectivity index (χ4v) is 13.6. The second-order valence-electron chi connectivity index (χ2n) is 13.8. The summed E-state index contributed by atoms with van der Waals surface area (Å²) < 4.78 is 4.85. The van der Waals surface area contributed by atoms with E-state index in [0.29, 0.717) is 0 Å². The van der Waals surface area contributed by atoms with Gasteiger partial charge in [0.2, 0.25) is 0 Å². The van der Waals surface area contributed by atoms with Crippen LogP contribution in [0.25, 0.3) is 55.0 Å². The van der Waals surface area contributed by atoms with Crippen LogP contribution in [0.1, 0.15) is 0 Å². The minimum Gasteiger partial charge on any atom is -0.388 e. The van der Waals surface area contributed by atoms with Crippen LogP contribution in [0.2, 0.25) is 0 Å². The molecule has 2 heterocycles. The van der Waals surface area contributed by atoms with Crippen LogP contribution in [0.5, 0.6) is 0 Å². The van der Waals surface area contributed by atoms with Crippen molar-refractivity contribution in [3.63, 3.8) is 0 Å². The third-order valence-corrected chi connectivity index (χ3v) is 15.7. The van der Waals surface area contributed by atoms with Crippen LogP contribution in [-0.2, 0) is 0 Å². The monoisotopic (exact) mass is 695 g/mol. The highest BCUT2D eigenvalue weighted by Crippen LogP contribution is 2.34. The molecule has 0 saturated heterocycles. The number of fused-ring (bicyclic) bond motifs is 6. The summed E-state index contributed by atoms with van der Waals surface area (Å²) in [6.07, 6.45) is 0. The number of anilines is 1. The van der Waals surface area contributed by atoms with E-state index in [1.54, 1.807) is 0 Å². The molecule has 0 fully saturated rings. The molecule has 10 aromatic rings. The van der Waals surface area contributed by atoms with E-state index in [2.05, 4.69) is 215 Å². The standard InChI is InChI=1S/C49H37N3Si/c1-50-35-31-37(52-46-26-14-11-23-42(46)43-24-12-15-27-47(43)52)33-41(32-35)53(38-19-7-3-8-20-38,39-21-9-4-10-22-39)40-29-30-49-45(34-40)44-25-13-16-28-48(44)51(49)36-17-5-2-6-18-36/h2-34,50H,1H3. The zero-order valence-electron chi connectivity index (χ0n) is 29.4. The molecule has 0 aliphatic heterocycles. The average molecular weight is 696 g/mol. The first kappa shape index (κ1) is 31.1. The Morgan fingerprint density at radius 1 is 0.340 bits per heavy atom. The molecule has 0 spiro atoms. The highest BCUT2D eigenvalue weighted by molar-refractivity contribution is 7.20. The molecule has 3 nitrogen and oxygen atoms in total. The molecule has 2 aromatic heterocycles. The summed E-state index contributed by atoms with van der Waals surface area (Å²) in [6, 6.07) is 74.1. The summed E-state index contributed by atoms with van der Waals surface area (Å²) in [6.45, 7) is 0. The topological polar surface area (TPSA) is 21.9 Å². The van der Waals surface area contributed by atoms with Gasteiger partial charge >= 0.3 is 0 Å². The second-order valence-corrected chi connectivity index (χ2v) is 17.6. The Hall–Kier alpha value is -6.62. The Balaban J connectivity index is 1.33. The summed E-state index contributed by atoms with van der Waals surface area (Å²) in [5, 5.41) is 14.0. The first-order valence-electron chi connectivity index (χ1n) is 18.3. The highest BCUT2D eigenvalue weighted by Gasteiger charge is 2.42. The van der Waals surface area contributed by atoms with Gasteiger partial charge in [0.25, 0.3) is 0 Å². The molecular formula is C49H37N3Si. The summed E-state index contributed by atoms with van der Waals surface area (Å²) in [4.78, 5) is 0. The van der Waals surface area contributed by atoms with Crippen LogP contribution in [-0.4, -0.2) is 24.3 Å². The fourth-order valence-electron chi connectivity index (χ4n) is 8.74. The molecule has 10 rings (SSSR count). The van der Waals surface area contributed by atoms with Gasteiger partial charge in [-0.05, 0) is 75.3 Å². The van der Waals surface area contributed by atoms with Crippen molar-refractivity contribution < 1.29 is 0 Å². The zero-order valence-corrected chi connectivity index (χ0v) is 30.4. The Morgan fingerprint density at radius 3 is 1.34 bits per heavy atom. The largest absolute Gasteiger partial charge is 0.388 e. The molecule has 53 heavy (non-hydrogen) atoms. The highest BCUT2D eigenvalue weighted by atomic mass is 28.3. The van der Waals surface area contributed by atoms with Gasteiger partial charge in [-0.3, -0.25) is 0 Å². The van der Waals surface area contributed by atoms with E-state index < -0.39 is 8.07 Å². The molecule has 0 atom stereocenters. The lowest BCUT2D eigenvalue weighted by Gasteiger charge is -2.35. The molecule has 0 unspecified atom stereocenters. The summed E-state index contributed by atoms with van der Waals surface area (Å²) >= 11 is 0. The van der Waals surface area contributed by atoms with Crippen LogP contribution in [0.4, 0.5) is 5.69 Å². The Labute approximate surface area is 310 Å². The van der Waals surface area contributed by atoms with Gasteiger partial charge in [0.05, 0.1) is 22.1 Å². The summed E-state index contributed by atoms with van der Waals surface area (Å²) in [5.41, 5.74) is 8.23. The van der Waals surface area contributed by atoms with Crippen LogP contribution >= 0.6 is 0 Å². The minimum atomic E-state index is -2.96. The maximum atomic E-state index is 3.57. The molecule has 0 saturated carbocycles. The summed E-state index contributed by atoms with van der Waals surface area (Å²) in [5.74, 6) is 0. The Morgan fingerprint density at radius 2 is 0.792 bits per heavy atom. The number of rotatable bonds is 7. The van der Waals surface area contributed by atoms with Gasteiger partial charge in [-0.25, -0.2) is 0 Å². The second kappa shape index (κ2) is 12.6. The molecule has 0 aliphatic rings. The van der Waals surface area contributed by atoms with E-state index in [4.69, 9.17) is 0 Å². The normalized spacial score (nSPS) is 11.9. The molecular weight excluding hydrogens is 659 g/mol. The van der Waals surface area contributed by atoms with Gasteiger partial charge in [-0.2, -0.15) is 0 Å². The van der Waals surface area contributed by atoms with Gasteiger partial charge in [0, 0.05) is 45.7 Å². The van der Waals surface area contributed by atoms with Crippen molar-refractivity contribution in [2.75, 3.05) is 12.4 Å². The molecule has 4 heteroatoms. The van der Waals surface area contributed by atoms with E-state index in [1.165, 1.54) is 70.0 Å². The Kier molecular flexibility index (Phi) is 7.37. The summed E-state index contributed by atoms with van der Waals surface area (Å²) in [7, 11) is -0.928. The zero-order chi connectivity index (χ0) is 35.4. The molecule has 252 valence electrons. The number of hydrogen-bond acceptors (Lipinski definition) is 1. The molecule has 8 aromatic carbocycles. The Bertz CT molecular complexity index is 2830. The lowest BCUT2D eigenvalue weighted by Crippen LogP contribution is -2.74. The van der Waals surface area contributed by atoms with Gasteiger partial charge in [-0.1, -0.05) is 146 Å². The number of nitrogens with zero attached hydrogens (tertiary/aromatic N) is 2. The number of para-hydroxylation sites is 4. The lowest BCUT2D eigenvalue weighted by molar-refractivity contribution is 1.18. The predicted molar refractivity (Wildman–Crippen MR) is 228 cm³/mol. The van der Waals surface area contributed by atoms with Crippen molar-refractivity contribution in [1.82, 2.24) is 9.13 Å². The predicted octanol–water partition coefficient (Wildman–Crippen LogP) is 9.30. The van der Waals surface area contributed by atoms with Crippen molar-refractivity contribution >= 4 is 78.1 Å². The van der Waals surface area contributed by atoms with Crippen molar-refractivity contribution in [2.24, 2.45) is 0 Å². The first-order valence-corrected chi connectivity index (χ1v) is 20.3. The van der Waals surface area contributed by atoms with Gasteiger partial charge in [0.1, 0.15) is 0 Å². The number of aromatic nitrogens is 2. The van der Waals surface area contributed by atoms with E-state index in [-0.39, 0.29) is 0 Å². The van der Waals surface area contributed by atoms with E-state index in [1.807, 2.05) is 7.05 Å². The smallest absolute Gasteiger partial charge is 0.179 e. The quantitative estimate of drug-likeness (QED) is 0.130. The molecule has 0 bridgehead atoms. The number of hydrogen-bond donors (Lipinski definition) is 1. The SMILES string of the molecule is CNc1cc(-n2c3ccccc3c3ccccc32)cc([Si](c2ccccc2)(c2ccccc2)c2ccc3c(c2)c2ccccc2n3-c2ccccc2)c1. The molecule has 0 radical (unpaired) electrons. The van der Waals surface area contributed by atoms with Gasteiger partial charge in [0.15, 0.2) is 8.07 Å². The van der Waals surface area contributed by atoms with E-state index in [0.717, 1.165) is 11.4 Å². The fraction of sp³-hybridized carbons (Fsp3) is 0.0204. The molecule has 0 amide bonds. The minimum absolute atomic E-state index is 1.09. The van der Waals surface area contributed by atoms with Crippen LogP contribution in [0.15, 0.2) is 200 Å². The molecule has 1 N–H and O–H groups in total. The van der Waals surface area contributed by atoms with Crippen LogP contribution in [0, 0.1) is 0 Å². The molecule has 0 aliphatic carbocycles. The third kappa shape index (κ3) is 4.80. The van der Waals surface area contributed by atoms with Crippen molar-refractivity contribution in [3.05, 3.63) is 200 Å². The first-order chi connectivity index (χ1) is 26.3. The number of benzene rings is 8.